The number of carbonyl (C=O) groups is 1. The van der Waals surface area contributed by atoms with Gasteiger partial charge in [-0.1, -0.05) is 33.1 Å². The first-order chi connectivity index (χ1) is 9.22. The molecule has 3 heteroatoms. The smallest absolute Gasteiger partial charge is 0.225 e. The molecule has 1 saturated carbocycles. The van der Waals surface area contributed by atoms with Crippen LogP contribution in [0, 0.1) is 11.8 Å². The molecule has 1 rings (SSSR count). The molecule has 0 radical (unpaired) electrons. The number of nitrogens with zero attached hydrogens (tertiary/aromatic N) is 1. The molecule has 0 saturated heterocycles. The van der Waals surface area contributed by atoms with Gasteiger partial charge in [0.2, 0.25) is 5.91 Å². The van der Waals surface area contributed by atoms with Crippen LogP contribution in [0.3, 0.4) is 0 Å². The third-order valence-electron chi connectivity index (χ3n) is 4.37. The molecular weight excluding hydrogens is 236 g/mol. The Bertz CT molecular complexity index is 241. The largest absolute Gasteiger partial charge is 0.341 e. The van der Waals surface area contributed by atoms with Crippen LogP contribution in [0.2, 0.25) is 0 Å². The second kappa shape index (κ2) is 9.35. The van der Waals surface area contributed by atoms with Crippen molar-refractivity contribution in [1.82, 2.24) is 4.90 Å². The molecule has 19 heavy (non-hydrogen) atoms. The van der Waals surface area contributed by atoms with Crippen molar-refractivity contribution in [3.05, 3.63) is 0 Å². The molecule has 0 aromatic heterocycles. The fraction of sp³-hybridized carbons (Fsp3) is 0.938. The highest BCUT2D eigenvalue weighted by Gasteiger charge is 2.28. The van der Waals surface area contributed by atoms with Crippen LogP contribution < -0.4 is 5.73 Å². The van der Waals surface area contributed by atoms with E-state index in [9.17, 15) is 4.79 Å². The molecule has 0 bridgehead atoms. The molecule has 2 N–H and O–H groups in total. The Morgan fingerprint density at radius 1 is 1.11 bits per heavy atom. The Morgan fingerprint density at radius 2 is 1.79 bits per heavy atom. The van der Waals surface area contributed by atoms with Crippen LogP contribution in [0.5, 0.6) is 0 Å². The van der Waals surface area contributed by atoms with Gasteiger partial charge in [-0.3, -0.25) is 4.79 Å². The van der Waals surface area contributed by atoms with Gasteiger partial charge >= 0.3 is 0 Å². The highest BCUT2D eigenvalue weighted by Crippen LogP contribution is 2.32. The zero-order valence-electron chi connectivity index (χ0n) is 12.9. The molecule has 0 atom stereocenters. The average molecular weight is 268 g/mol. The van der Waals surface area contributed by atoms with E-state index < -0.39 is 0 Å². The van der Waals surface area contributed by atoms with Crippen molar-refractivity contribution in [3.63, 3.8) is 0 Å². The van der Waals surface area contributed by atoms with E-state index >= 15 is 0 Å². The van der Waals surface area contributed by atoms with E-state index in [4.69, 9.17) is 5.73 Å². The summed E-state index contributed by atoms with van der Waals surface area (Å²) in [5.74, 6) is 1.51. The number of carbonyl (C=O) groups excluding carboxylic acids is 1. The monoisotopic (exact) mass is 268 g/mol. The van der Waals surface area contributed by atoms with E-state index in [1.165, 1.54) is 32.1 Å². The van der Waals surface area contributed by atoms with Gasteiger partial charge in [0.15, 0.2) is 0 Å². The fourth-order valence-corrected chi connectivity index (χ4v) is 3.21. The van der Waals surface area contributed by atoms with Gasteiger partial charge in [-0.05, 0) is 38.0 Å². The molecule has 1 fully saturated rings. The molecule has 0 aliphatic heterocycles. The zero-order chi connectivity index (χ0) is 14.1. The maximum Gasteiger partial charge on any atom is 0.225 e. The second-order valence-electron chi connectivity index (χ2n) is 5.97. The average Bonchev–Trinajstić information content (AvgIpc) is 2.44. The van der Waals surface area contributed by atoms with Crippen LogP contribution in [0.25, 0.3) is 0 Å². The molecule has 0 heterocycles. The van der Waals surface area contributed by atoms with Crippen molar-refractivity contribution in [2.75, 3.05) is 19.6 Å². The summed E-state index contributed by atoms with van der Waals surface area (Å²) in [7, 11) is 0. The number of hydrogen-bond acceptors (Lipinski definition) is 2. The zero-order valence-corrected chi connectivity index (χ0v) is 12.9. The molecule has 3 nitrogen and oxygen atoms in total. The van der Waals surface area contributed by atoms with Gasteiger partial charge < -0.3 is 10.6 Å². The number of amides is 1. The number of rotatable bonds is 8. The summed E-state index contributed by atoms with van der Waals surface area (Å²) in [5, 5.41) is 0. The Balaban J connectivity index is 2.37. The van der Waals surface area contributed by atoms with Crippen LogP contribution in [0.1, 0.15) is 65.2 Å². The highest BCUT2D eigenvalue weighted by molar-refractivity contribution is 5.78. The van der Waals surface area contributed by atoms with Gasteiger partial charge in [0.1, 0.15) is 0 Å². The van der Waals surface area contributed by atoms with E-state index in [1.807, 2.05) is 4.90 Å². The lowest BCUT2D eigenvalue weighted by Gasteiger charge is -2.32. The first-order valence-electron chi connectivity index (χ1n) is 8.21. The fourth-order valence-electron chi connectivity index (χ4n) is 3.21. The summed E-state index contributed by atoms with van der Waals surface area (Å²) < 4.78 is 0. The first-order valence-corrected chi connectivity index (χ1v) is 8.21. The summed E-state index contributed by atoms with van der Waals surface area (Å²) >= 11 is 0. The van der Waals surface area contributed by atoms with Gasteiger partial charge in [0.05, 0.1) is 0 Å². The first kappa shape index (κ1) is 16.5. The second-order valence-corrected chi connectivity index (χ2v) is 5.97. The van der Waals surface area contributed by atoms with Crippen LogP contribution in [0.4, 0.5) is 0 Å². The predicted molar refractivity (Wildman–Crippen MR) is 80.9 cm³/mol. The van der Waals surface area contributed by atoms with Gasteiger partial charge in [0, 0.05) is 25.6 Å². The SMILES string of the molecule is CCCCC1CCC(C(=O)N(CCC)CCN)CC1. The highest BCUT2D eigenvalue weighted by atomic mass is 16.2. The Hall–Kier alpha value is -0.570. The van der Waals surface area contributed by atoms with Crippen LogP contribution in [-0.4, -0.2) is 30.4 Å². The molecule has 0 aromatic rings. The summed E-state index contributed by atoms with van der Waals surface area (Å²) in [6.07, 6.45) is 9.71. The third-order valence-corrected chi connectivity index (χ3v) is 4.37. The molecule has 0 unspecified atom stereocenters. The minimum Gasteiger partial charge on any atom is -0.341 e. The quantitative estimate of drug-likeness (QED) is 0.735. The minimum absolute atomic E-state index is 0.274. The topological polar surface area (TPSA) is 46.3 Å². The Labute approximate surface area is 118 Å². The summed E-state index contributed by atoms with van der Waals surface area (Å²) in [4.78, 5) is 14.5. The van der Waals surface area contributed by atoms with E-state index in [1.54, 1.807) is 0 Å². The molecule has 0 aromatic carbocycles. The molecule has 0 spiro atoms. The van der Waals surface area contributed by atoms with Crippen molar-refractivity contribution < 1.29 is 4.79 Å². The van der Waals surface area contributed by atoms with Crippen LogP contribution in [-0.2, 0) is 4.79 Å². The summed E-state index contributed by atoms with van der Waals surface area (Å²) in [6, 6.07) is 0. The van der Waals surface area contributed by atoms with Crippen LogP contribution in [0.15, 0.2) is 0 Å². The predicted octanol–water partition coefficient (Wildman–Crippen LogP) is 3.18. The molecule has 1 amide bonds. The molecule has 1 aliphatic rings. The molecule has 1 aliphatic carbocycles. The van der Waals surface area contributed by atoms with Gasteiger partial charge in [-0.25, -0.2) is 0 Å². The van der Waals surface area contributed by atoms with Crippen molar-refractivity contribution in [1.29, 1.82) is 0 Å². The number of unbranched alkanes of at least 4 members (excludes halogenated alkanes) is 1. The summed E-state index contributed by atoms with van der Waals surface area (Å²) in [6.45, 7) is 6.55. The molecular formula is C16H32N2O. The minimum atomic E-state index is 0.274. The van der Waals surface area contributed by atoms with Crippen LogP contribution >= 0.6 is 0 Å². The number of nitrogens with two attached hydrogens (primary N) is 1. The van der Waals surface area contributed by atoms with E-state index in [2.05, 4.69) is 13.8 Å². The van der Waals surface area contributed by atoms with E-state index in [-0.39, 0.29) is 5.92 Å². The van der Waals surface area contributed by atoms with Crippen molar-refractivity contribution in [3.8, 4) is 0 Å². The van der Waals surface area contributed by atoms with Gasteiger partial charge in [-0.15, -0.1) is 0 Å². The number of hydrogen-bond donors (Lipinski definition) is 1. The lowest BCUT2D eigenvalue weighted by atomic mass is 9.79. The normalized spacial score (nSPS) is 23.3. The van der Waals surface area contributed by atoms with Crippen molar-refractivity contribution in [2.45, 2.75) is 65.2 Å². The van der Waals surface area contributed by atoms with E-state index in [0.717, 1.165) is 38.3 Å². The summed E-state index contributed by atoms with van der Waals surface area (Å²) in [5.41, 5.74) is 5.61. The van der Waals surface area contributed by atoms with Gasteiger partial charge in [0.25, 0.3) is 0 Å². The maximum absolute atomic E-state index is 12.5. The third kappa shape index (κ3) is 5.52. The Kier molecular flexibility index (Phi) is 8.11. The van der Waals surface area contributed by atoms with E-state index in [0.29, 0.717) is 12.5 Å². The lowest BCUT2D eigenvalue weighted by Crippen LogP contribution is -2.41. The van der Waals surface area contributed by atoms with Gasteiger partial charge in [-0.2, -0.15) is 0 Å². The maximum atomic E-state index is 12.5. The standard InChI is InChI=1S/C16H32N2O/c1-3-5-6-14-7-9-15(10-8-14)16(19)18(12-4-2)13-11-17/h14-15H,3-13,17H2,1-2H3. The Morgan fingerprint density at radius 3 is 2.32 bits per heavy atom. The van der Waals surface area contributed by atoms with Crippen molar-refractivity contribution in [2.24, 2.45) is 17.6 Å². The lowest BCUT2D eigenvalue weighted by molar-refractivity contribution is -0.136. The van der Waals surface area contributed by atoms with Crippen molar-refractivity contribution >= 4 is 5.91 Å². The molecule has 112 valence electrons.